The Morgan fingerprint density at radius 1 is 1.00 bits per heavy atom. The van der Waals surface area contributed by atoms with E-state index < -0.39 is 17.5 Å². The third-order valence-electron chi connectivity index (χ3n) is 6.48. The van der Waals surface area contributed by atoms with Crippen molar-refractivity contribution in [2.45, 2.75) is 31.7 Å². The number of nitrogens with one attached hydrogen (secondary N) is 1. The summed E-state index contributed by atoms with van der Waals surface area (Å²) in [6.45, 7) is 2.93. The lowest BCUT2D eigenvalue weighted by Crippen LogP contribution is -2.41. The second-order valence-corrected chi connectivity index (χ2v) is 8.78. The van der Waals surface area contributed by atoms with Crippen molar-refractivity contribution in [1.82, 2.24) is 10.2 Å². The van der Waals surface area contributed by atoms with Crippen LogP contribution < -0.4 is 19.7 Å². The van der Waals surface area contributed by atoms with E-state index in [0.29, 0.717) is 48.8 Å². The Hall–Kier alpha value is -3.88. The first-order valence-corrected chi connectivity index (χ1v) is 11.3. The summed E-state index contributed by atoms with van der Waals surface area (Å²) in [7, 11) is 0. The fourth-order valence-electron chi connectivity index (χ4n) is 4.49. The number of hydrogen-bond donors (Lipinski definition) is 1. The summed E-state index contributed by atoms with van der Waals surface area (Å²) in [5, 5.41) is 2.72. The number of carbonyl (C=O) groups excluding carboxylic acids is 4. The number of Topliss-reactive ketones (excluding diaryl/α,β-unsaturated/α-hetero) is 1. The molecule has 0 aliphatic carbocycles. The molecule has 2 fully saturated rings. The van der Waals surface area contributed by atoms with Crippen LogP contribution in [0.25, 0.3) is 0 Å². The number of benzene rings is 2. The summed E-state index contributed by atoms with van der Waals surface area (Å²) in [5.74, 6) is 0.287. The molecule has 3 aliphatic rings. The van der Waals surface area contributed by atoms with Crippen LogP contribution >= 0.6 is 0 Å². The number of fused-ring (bicyclic) bond motifs is 1. The summed E-state index contributed by atoms with van der Waals surface area (Å²) in [5.41, 5.74) is 0.308. The molecule has 176 valence electrons. The maximum Gasteiger partial charge on any atom is 0.325 e. The molecule has 4 amide bonds. The molecule has 0 spiro atoms. The second kappa shape index (κ2) is 8.48. The number of ether oxygens (including phenoxy) is 2. The molecule has 2 saturated heterocycles. The van der Waals surface area contributed by atoms with Gasteiger partial charge in [-0.2, -0.15) is 0 Å². The molecule has 2 aromatic rings. The summed E-state index contributed by atoms with van der Waals surface area (Å²) >= 11 is 0. The van der Waals surface area contributed by atoms with Gasteiger partial charge in [-0.05, 0) is 55.3 Å². The van der Waals surface area contributed by atoms with Crippen LogP contribution in [0.1, 0.15) is 42.1 Å². The van der Waals surface area contributed by atoms with Crippen molar-refractivity contribution in [2.75, 3.05) is 31.2 Å². The summed E-state index contributed by atoms with van der Waals surface area (Å²) in [6.07, 6.45) is 2.09. The largest absolute Gasteiger partial charge is 0.490 e. The van der Waals surface area contributed by atoms with Crippen LogP contribution in [0.2, 0.25) is 0 Å². The first kappa shape index (κ1) is 21.9. The summed E-state index contributed by atoms with van der Waals surface area (Å²) < 4.78 is 11.4. The van der Waals surface area contributed by atoms with Crippen molar-refractivity contribution in [3.63, 3.8) is 0 Å². The van der Waals surface area contributed by atoms with E-state index >= 15 is 0 Å². The van der Waals surface area contributed by atoms with Gasteiger partial charge in [-0.25, -0.2) is 4.79 Å². The highest BCUT2D eigenvalue weighted by Crippen LogP contribution is 2.36. The number of imide groups is 1. The van der Waals surface area contributed by atoms with E-state index in [1.165, 1.54) is 0 Å². The minimum Gasteiger partial charge on any atom is -0.490 e. The smallest absolute Gasteiger partial charge is 0.325 e. The molecule has 9 nitrogen and oxygen atoms in total. The number of carbonyl (C=O) groups is 4. The van der Waals surface area contributed by atoms with Crippen LogP contribution in [-0.4, -0.2) is 54.8 Å². The highest BCUT2D eigenvalue weighted by Gasteiger charge is 2.49. The number of ketones is 1. The first-order valence-electron chi connectivity index (χ1n) is 11.3. The lowest BCUT2D eigenvalue weighted by atomic mass is 9.91. The maximum atomic E-state index is 13.3. The molecule has 0 unspecified atom stereocenters. The third-order valence-corrected chi connectivity index (χ3v) is 6.48. The van der Waals surface area contributed by atoms with Gasteiger partial charge in [0.1, 0.15) is 5.54 Å². The highest BCUT2D eigenvalue weighted by molar-refractivity contribution is 6.11. The van der Waals surface area contributed by atoms with Crippen molar-refractivity contribution in [3.8, 4) is 11.5 Å². The summed E-state index contributed by atoms with van der Waals surface area (Å²) in [4.78, 5) is 53.4. The molecule has 0 saturated carbocycles. The van der Waals surface area contributed by atoms with Crippen LogP contribution in [0.5, 0.6) is 11.5 Å². The fourth-order valence-corrected chi connectivity index (χ4v) is 4.49. The highest BCUT2D eigenvalue weighted by atomic mass is 16.5. The Balaban J connectivity index is 1.32. The van der Waals surface area contributed by atoms with Crippen LogP contribution in [0.3, 0.4) is 0 Å². The van der Waals surface area contributed by atoms with Crippen molar-refractivity contribution < 1.29 is 28.7 Å². The molecule has 0 bridgehead atoms. The Bertz CT molecular complexity index is 1180. The van der Waals surface area contributed by atoms with Gasteiger partial charge in [-0.3, -0.25) is 19.3 Å². The summed E-state index contributed by atoms with van der Waals surface area (Å²) in [6, 6.07) is 11.2. The SMILES string of the molecule is C[C@@]1(c2ccc3c(c2)OCCCO3)NC(=O)N(CC(=O)c2ccc(N3CCCC3=O)cc2)C1=O. The quantitative estimate of drug-likeness (QED) is 0.540. The predicted octanol–water partition coefficient (Wildman–Crippen LogP) is 2.62. The number of hydrogen-bond acceptors (Lipinski definition) is 6. The zero-order valence-corrected chi connectivity index (χ0v) is 18.8. The zero-order chi connectivity index (χ0) is 23.9. The Morgan fingerprint density at radius 3 is 2.44 bits per heavy atom. The molecule has 5 rings (SSSR count). The van der Waals surface area contributed by atoms with Gasteiger partial charge in [0.25, 0.3) is 5.91 Å². The van der Waals surface area contributed by atoms with Gasteiger partial charge in [-0.15, -0.1) is 0 Å². The molecule has 0 aromatic heterocycles. The van der Waals surface area contributed by atoms with E-state index in [1.807, 2.05) is 0 Å². The Kier molecular flexibility index (Phi) is 5.47. The van der Waals surface area contributed by atoms with Gasteiger partial charge in [0, 0.05) is 30.6 Å². The van der Waals surface area contributed by atoms with Gasteiger partial charge >= 0.3 is 6.03 Å². The molecule has 3 heterocycles. The van der Waals surface area contributed by atoms with Gasteiger partial charge in [-0.1, -0.05) is 6.07 Å². The van der Waals surface area contributed by atoms with Crippen LogP contribution in [0.15, 0.2) is 42.5 Å². The normalized spacial score (nSPS) is 22.1. The predicted molar refractivity (Wildman–Crippen MR) is 122 cm³/mol. The van der Waals surface area contributed by atoms with Crippen molar-refractivity contribution in [3.05, 3.63) is 53.6 Å². The Labute approximate surface area is 196 Å². The molecule has 34 heavy (non-hydrogen) atoms. The van der Waals surface area contributed by atoms with Gasteiger partial charge < -0.3 is 19.7 Å². The molecule has 3 aliphatic heterocycles. The van der Waals surface area contributed by atoms with E-state index in [2.05, 4.69) is 5.32 Å². The van der Waals surface area contributed by atoms with Crippen LogP contribution in [-0.2, 0) is 15.1 Å². The molecule has 1 N–H and O–H groups in total. The van der Waals surface area contributed by atoms with E-state index in [4.69, 9.17) is 9.47 Å². The lowest BCUT2D eigenvalue weighted by molar-refractivity contribution is -0.130. The van der Waals surface area contributed by atoms with Gasteiger partial charge in [0.05, 0.1) is 19.8 Å². The lowest BCUT2D eigenvalue weighted by Gasteiger charge is -2.23. The zero-order valence-electron chi connectivity index (χ0n) is 18.8. The fraction of sp³-hybridized carbons (Fsp3) is 0.360. The van der Waals surface area contributed by atoms with E-state index in [1.54, 1.807) is 54.3 Å². The second-order valence-electron chi connectivity index (χ2n) is 8.78. The average molecular weight is 463 g/mol. The van der Waals surface area contributed by atoms with E-state index in [9.17, 15) is 19.2 Å². The monoisotopic (exact) mass is 463 g/mol. The van der Waals surface area contributed by atoms with Crippen LogP contribution in [0, 0.1) is 0 Å². The molecule has 1 atom stereocenters. The van der Waals surface area contributed by atoms with Crippen LogP contribution in [0.4, 0.5) is 10.5 Å². The molecular weight excluding hydrogens is 438 g/mol. The number of anilines is 1. The number of nitrogens with zero attached hydrogens (tertiary/aromatic N) is 2. The minimum absolute atomic E-state index is 0.0625. The molecule has 0 radical (unpaired) electrons. The standard InChI is InChI=1S/C25H25N3O6/c1-25(17-7-10-20-21(14-17)34-13-3-12-33-20)23(31)28(24(32)26-25)15-19(29)16-5-8-18(9-6-16)27-11-2-4-22(27)30/h5-10,14H,2-4,11-13,15H2,1H3,(H,26,32)/t25-/m0/s1. The van der Waals surface area contributed by atoms with Crippen molar-refractivity contribution in [1.29, 1.82) is 0 Å². The topological polar surface area (TPSA) is 105 Å². The van der Waals surface area contributed by atoms with Crippen molar-refractivity contribution >= 4 is 29.3 Å². The molecular formula is C25H25N3O6. The van der Waals surface area contributed by atoms with E-state index in [0.717, 1.165) is 23.4 Å². The maximum absolute atomic E-state index is 13.3. The minimum atomic E-state index is -1.33. The Morgan fingerprint density at radius 2 is 1.74 bits per heavy atom. The van der Waals surface area contributed by atoms with Crippen molar-refractivity contribution in [2.24, 2.45) is 0 Å². The number of rotatable bonds is 5. The number of urea groups is 1. The molecule has 2 aromatic carbocycles. The number of amides is 4. The third kappa shape index (κ3) is 3.76. The average Bonchev–Trinajstić information content (AvgIpc) is 3.24. The van der Waals surface area contributed by atoms with Gasteiger partial charge in [0.15, 0.2) is 17.3 Å². The van der Waals surface area contributed by atoms with E-state index in [-0.39, 0.29) is 18.2 Å². The first-order chi connectivity index (χ1) is 16.4. The molecule has 9 heteroatoms. The van der Waals surface area contributed by atoms with Gasteiger partial charge in [0.2, 0.25) is 5.91 Å².